The third kappa shape index (κ3) is 4.06. The minimum Gasteiger partial charge on any atom is -0.404 e. The van der Waals surface area contributed by atoms with Gasteiger partial charge in [0.2, 0.25) is 0 Å². The Morgan fingerprint density at radius 3 is 1.50 bits per heavy atom. The van der Waals surface area contributed by atoms with Gasteiger partial charge in [-0.2, -0.15) is 26.3 Å². The van der Waals surface area contributed by atoms with Gasteiger partial charge in [-0.3, -0.25) is 0 Å². The first-order chi connectivity index (χ1) is 8.73. The summed E-state index contributed by atoms with van der Waals surface area (Å²) in [6, 6.07) is -0.0557. The fourth-order valence-corrected chi connectivity index (χ4v) is 2.10. The standard InChI is InChI=1S/C9H2F9IO/c10-7(11,12)3-1-2-4(8(13,14)15)6(5(3)19)20-9(16,17)18/h1-2H. The average Bonchev–Trinajstić information content (AvgIpc) is 2.15. The molecule has 0 saturated carbocycles. The molecule has 0 aromatic heterocycles. The maximum Gasteiger partial charge on any atom is 0.573 e. The monoisotopic (exact) mass is 424 g/mol. The zero-order valence-electron chi connectivity index (χ0n) is 8.84. The SMILES string of the molecule is FC(F)(F)Oc1c(C(F)(F)F)ccc(C(F)(F)F)c1I. The first kappa shape index (κ1) is 17.2. The van der Waals surface area contributed by atoms with Crippen LogP contribution in [-0.2, 0) is 12.4 Å². The van der Waals surface area contributed by atoms with Gasteiger partial charge in [0.1, 0.15) is 0 Å². The second-order valence-corrected chi connectivity index (χ2v) is 4.43. The van der Waals surface area contributed by atoms with Gasteiger partial charge in [0.05, 0.1) is 14.7 Å². The van der Waals surface area contributed by atoms with Crippen LogP contribution in [-0.4, -0.2) is 6.36 Å². The summed E-state index contributed by atoms with van der Waals surface area (Å²) in [4.78, 5) is 0. The Balaban J connectivity index is 3.55. The molecular weight excluding hydrogens is 422 g/mol. The molecule has 1 nitrogen and oxygen atoms in total. The van der Waals surface area contributed by atoms with Gasteiger partial charge in [-0.25, -0.2) is 0 Å². The molecule has 0 aliphatic rings. The van der Waals surface area contributed by atoms with Crippen molar-refractivity contribution in [1.82, 2.24) is 0 Å². The van der Waals surface area contributed by atoms with Gasteiger partial charge in [-0.05, 0) is 34.7 Å². The molecular formula is C9H2F9IO. The zero-order chi connectivity index (χ0) is 15.9. The average molecular weight is 424 g/mol. The molecule has 11 heteroatoms. The van der Waals surface area contributed by atoms with Gasteiger partial charge in [-0.15, -0.1) is 13.2 Å². The second kappa shape index (κ2) is 5.15. The molecule has 0 amide bonds. The largest absolute Gasteiger partial charge is 0.573 e. The van der Waals surface area contributed by atoms with E-state index in [1.807, 2.05) is 0 Å². The van der Waals surface area contributed by atoms with E-state index in [1.165, 1.54) is 0 Å². The van der Waals surface area contributed by atoms with Crippen LogP contribution in [0.1, 0.15) is 11.1 Å². The van der Waals surface area contributed by atoms with Crippen molar-refractivity contribution in [1.29, 1.82) is 0 Å². The Hall–Kier alpha value is -0.880. The summed E-state index contributed by atoms with van der Waals surface area (Å²) in [6.07, 6.45) is -15.9. The Bertz CT molecular complexity index is 500. The number of rotatable bonds is 1. The van der Waals surface area contributed by atoms with Crippen molar-refractivity contribution in [2.24, 2.45) is 0 Å². The molecule has 114 valence electrons. The molecule has 0 heterocycles. The molecule has 0 N–H and O–H groups in total. The summed E-state index contributed by atoms with van der Waals surface area (Å²) in [5.41, 5.74) is -3.59. The van der Waals surface area contributed by atoms with E-state index in [2.05, 4.69) is 4.74 Å². The molecule has 1 aromatic rings. The lowest BCUT2D eigenvalue weighted by molar-refractivity contribution is -0.276. The van der Waals surface area contributed by atoms with E-state index >= 15 is 0 Å². The quantitative estimate of drug-likeness (QED) is 0.444. The molecule has 0 aliphatic heterocycles. The van der Waals surface area contributed by atoms with E-state index in [9.17, 15) is 39.5 Å². The van der Waals surface area contributed by atoms with Crippen molar-refractivity contribution in [2.45, 2.75) is 18.7 Å². The fraction of sp³-hybridized carbons (Fsp3) is 0.333. The first-order valence-electron chi connectivity index (χ1n) is 4.46. The van der Waals surface area contributed by atoms with Crippen LogP contribution in [0.3, 0.4) is 0 Å². The van der Waals surface area contributed by atoms with Crippen molar-refractivity contribution >= 4 is 22.6 Å². The lowest BCUT2D eigenvalue weighted by atomic mass is 10.1. The Morgan fingerprint density at radius 1 is 0.750 bits per heavy atom. The van der Waals surface area contributed by atoms with E-state index in [0.717, 1.165) is 22.6 Å². The number of alkyl halides is 9. The summed E-state index contributed by atoms with van der Waals surface area (Å²) in [5.74, 6) is -1.92. The van der Waals surface area contributed by atoms with Crippen molar-refractivity contribution < 1.29 is 44.3 Å². The molecule has 20 heavy (non-hydrogen) atoms. The molecule has 0 spiro atoms. The van der Waals surface area contributed by atoms with E-state index in [1.54, 1.807) is 0 Å². The molecule has 0 atom stereocenters. The predicted octanol–water partition coefficient (Wildman–Crippen LogP) is 5.23. The third-order valence-electron chi connectivity index (χ3n) is 1.93. The lowest BCUT2D eigenvalue weighted by Gasteiger charge is -2.19. The normalized spacial score (nSPS) is 13.5. The fourth-order valence-electron chi connectivity index (χ4n) is 1.21. The van der Waals surface area contributed by atoms with E-state index < -0.39 is 39.2 Å². The van der Waals surface area contributed by atoms with Gasteiger partial charge in [0, 0.05) is 0 Å². The number of hydrogen-bond acceptors (Lipinski definition) is 1. The second-order valence-electron chi connectivity index (χ2n) is 3.35. The van der Waals surface area contributed by atoms with Crippen LogP contribution < -0.4 is 4.74 Å². The molecule has 0 bridgehead atoms. The van der Waals surface area contributed by atoms with Gasteiger partial charge in [0.15, 0.2) is 5.75 Å². The summed E-state index contributed by atoms with van der Waals surface area (Å²) in [7, 11) is 0. The van der Waals surface area contributed by atoms with Crippen LogP contribution in [0.4, 0.5) is 39.5 Å². The third-order valence-corrected chi connectivity index (χ3v) is 3.00. The molecule has 0 unspecified atom stereocenters. The Labute approximate surface area is 118 Å². The van der Waals surface area contributed by atoms with Gasteiger partial charge >= 0.3 is 18.7 Å². The minimum absolute atomic E-state index is 0.0494. The van der Waals surface area contributed by atoms with E-state index in [4.69, 9.17) is 0 Å². The Kier molecular flexibility index (Phi) is 4.42. The number of benzene rings is 1. The summed E-state index contributed by atoms with van der Waals surface area (Å²) >= 11 is 0.727. The molecule has 1 rings (SSSR count). The van der Waals surface area contributed by atoms with Crippen LogP contribution in [0.2, 0.25) is 0 Å². The molecule has 0 radical (unpaired) electrons. The van der Waals surface area contributed by atoms with Crippen molar-refractivity contribution in [2.75, 3.05) is 0 Å². The predicted molar refractivity (Wildman–Crippen MR) is 55.8 cm³/mol. The van der Waals surface area contributed by atoms with Gasteiger partial charge < -0.3 is 4.74 Å². The smallest absolute Gasteiger partial charge is 0.404 e. The van der Waals surface area contributed by atoms with Crippen molar-refractivity contribution in [3.63, 3.8) is 0 Å². The zero-order valence-corrected chi connectivity index (χ0v) is 11.0. The maximum absolute atomic E-state index is 12.5. The van der Waals surface area contributed by atoms with Crippen molar-refractivity contribution in [3.8, 4) is 5.75 Å². The maximum atomic E-state index is 12.5. The summed E-state index contributed by atoms with van der Waals surface area (Å²) < 4.78 is 113. The van der Waals surface area contributed by atoms with Crippen LogP contribution in [0.5, 0.6) is 5.75 Å². The van der Waals surface area contributed by atoms with E-state index in [0.29, 0.717) is 0 Å². The topological polar surface area (TPSA) is 9.23 Å². The highest BCUT2D eigenvalue weighted by Gasteiger charge is 2.44. The van der Waals surface area contributed by atoms with Crippen LogP contribution in [0.15, 0.2) is 12.1 Å². The van der Waals surface area contributed by atoms with Crippen LogP contribution >= 0.6 is 22.6 Å². The molecule has 0 fully saturated rings. The summed E-state index contributed by atoms with van der Waals surface area (Å²) in [5, 5.41) is 0. The minimum atomic E-state index is -5.55. The highest BCUT2D eigenvalue weighted by Crippen LogP contribution is 2.45. The van der Waals surface area contributed by atoms with Crippen LogP contribution in [0, 0.1) is 3.57 Å². The molecule has 0 aliphatic carbocycles. The number of hydrogen-bond donors (Lipinski definition) is 0. The number of halogens is 10. The highest BCUT2D eigenvalue weighted by molar-refractivity contribution is 14.1. The Morgan fingerprint density at radius 2 is 1.15 bits per heavy atom. The highest BCUT2D eigenvalue weighted by atomic mass is 127. The molecule has 1 aromatic carbocycles. The van der Waals surface area contributed by atoms with E-state index in [-0.39, 0.29) is 12.1 Å². The van der Waals surface area contributed by atoms with Gasteiger partial charge in [-0.1, -0.05) is 0 Å². The first-order valence-corrected chi connectivity index (χ1v) is 5.54. The summed E-state index contributed by atoms with van der Waals surface area (Å²) in [6.45, 7) is 0. The van der Waals surface area contributed by atoms with Crippen molar-refractivity contribution in [3.05, 3.63) is 26.8 Å². The lowest BCUT2D eigenvalue weighted by Crippen LogP contribution is -2.22. The molecule has 0 saturated heterocycles. The van der Waals surface area contributed by atoms with Gasteiger partial charge in [0.25, 0.3) is 0 Å². The number of ether oxygens (including phenoxy) is 1. The van der Waals surface area contributed by atoms with Crippen LogP contribution in [0.25, 0.3) is 0 Å².